The van der Waals surface area contributed by atoms with Crippen LogP contribution >= 0.6 is 0 Å². The van der Waals surface area contributed by atoms with Gasteiger partial charge in [0.1, 0.15) is 11.5 Å². The fourth-order valence-electron chi connectivity index (χ4n) is 2.42. The summed E-state index contributed by atoms with van der Waals surface area (Å²) < 4.78 is 10.2. The molecule has 2 amide bonds. The highest BCUT2D eigenvalue weighted by Crippen LogP contribution is 2.12. The molecule has 2 rings (SSSR count). The van der Waals surface area contributed by atoms with Crippen LogP contribution in [-0.2, 0) is 9.59 Å². The second-order valence-electron chi connectivity index (χ2n) is 6.42. The van der Waals surface area contributed by atoms with E-state index in [2.05, 4.69) is 21.1 Å². The van der Waals surface area contributed by atoms with Gasteiger partial charge in [0.05, 0.1) is 25.6 Å². The monoisotopic (exact) mass is 410 g/mol. The summed E-state index contributed by atoms with van der Waals surface area (Å²) in [7, 11) is 3.19. The number of amides is 2. The molecule has 8 nitrogen and oxygen atoms in total. The van der Waals surface area contributed by atoms with E-state index in [4.69, 9.17) is 9.47 Å². The van der Waals surface area contributed by atoms with E-state index >= 15 is 0 Å². The van der Waals surface area contributed by atoms with Gasteiger partial charge in [-0.25, -0.2) is 10.9 Å². The molecule has 2 aromatic carbocycles. The summed E-state index contributed by atoms with van der Waals surface area (Å²) >= 11 is 0. The average molecular weight is 410 g/mol. The van der Waals surface area contributed by atoms with Gasteiger partial charge in [0.25, 0.3) is 0 Å². The van der Waals surface area contributed by atoms with Gasteiger partial charge in [-0.05, 0) is 73.5 Å². The van der Waals surface area contributed by atoms with E-state index in [0.29, 0.717) is 11.4 Å². The molecule has 8 heteroatoms. The average Bonchev–Trinajstić information content (AvgIpc) is 2.79. The molecule has 0 saturated heterocycles. The number of hydrogen-bond donors (Lipinski definition) is 2. The standard InChI is InChI=1S/C22H26N4O4/c1-15(17-5-9-19(29-3)10-6-17)23-25-21(27)13-14-22(28)26-24-16(2)18-7-11-20(30-4)12-8-18/h5-12H,13-14H2,1-4H3,(H,25,27)(H,26,28)/b23-15-,24-16-. The molecule has 0 bridgehead atoms. The normalized spacial score (nSPS) is 11.6. The van der Waals surface area contributed by atoms with Gasteiger partial charge in [0.15, 0.2) is 0 Å². The first-order chi connectivity index (χ1) is 14.4. The lowest BCUT2D eigenvalue weighted by molar-refractivity contribution is -0.126. The van der Waals surface area contributed by atoms with Crippen LogP contribution in [0.15, 0.2) is 58.7 Å². The van der Waals surface area contributed by atoms with Gasteiger partial charge >= 0.3 is 0 Å². The van der Waals surface area contributed by atoms with Crippen LogP contribution in [0.1, 0.15) is 37.8 Å². The second kappa shape index (κ2) is 11.4. The smallest absolute Gasteiger partial charge is 0.240 e. The van der Waals surface area contributed by atoms with Crippen LogP contribution in [0.5, 0.6) is 11.5 Å². The molecule has 0 aliphatic heterocycles. The summed E-state index contributed by atoms with van der Waals surface area (Å²) in [5.41, 5.74) is 7.93. The van der Waals surface area contributed by atoms with Gasteiger partial charge in [-0.15, -0.1) is 0 Å². The minimum Gasteiger partial charge on any atom is -0.497 e. The van der Waals surface area contributed by atoms with E-state index in [1.54, 1.807) is 28.1 Å². The summed E-state index contributed by atoms with van der Waals surface area (Å²) in [5, 5.41) is 8.13. The lowest BCUT2D eigenvalue weighted by Gasteiger charge is -2.05. The molecule has 0 spiro atoms. The van der Waals surface area contributed by atoms with Crippen LogP contribution in [0.3, 0.4) is 0 Å². The van der Waals surface area contributed by atoms with Gasteiger partial charge in [-0.3, -0.25) is 9.59 Å². The Morgan fingerprint density at radius 3 is 1.33 bits per heavy atom. The van der Waals surface area contributed by atoms with Crippen LogP contribution < -0.4 is 20.3 Å². The topological polar surface area (TPSA) is 101 Å². The number of nitrogens with zero attached hydrogens (tertiary/aromatic N) is 2. The van der Waals surface area contributed by atoms with Gasteiger partial charge in [0, 0.05) is 12.8 Å². The molecule has 0 radical (unpaired) electrons. The summed E-state index contributed by atoms with van der Waals surface area (Å²) in [6.07, 6.45) is 0.00462. The van der Waals surface area contributed by atoms with Crippen LogP contribution in [0.25, 0.3) is 0 Å². The van der Waals surface area contributed by atoms with Crippen LogP contribution in [0.4, 0.5) is 0 Å². The zero-order chi connectivity index (χ0) is 21.9. The number of carbonyl (C=O) groups is 2. The van der Waals surface area contributed by atoms with Crippen molar-refractivity contribution in [1.29, 1.82) is 0 Å². The quantitative estimate of drug-likeness (QED) is 0.490. The van der Waals surface area contributed by atoms with E-state index in [0.717, 1.165) is 22.6 Å². The Morgan fingerprint density at radius 2 is 1.03 bits per heavy atom. The summed E-state index contributed by atoms with van der Waals surface area (Å²) in [4.78, 5) is 23.9. The number of carbonyl (C=O) groups excluding carboxylic acids is 2. The van der Waals surface area contributed by atoms with Gasteiger partial charge in [-0.2, -0.15) is 10.2 Å². The molecule has 0 aliphatic rings. The lowest BCUT2D eigenvalue weighted by atomic mass is 10.1. The highest BCUT2D eigenvalue weighted by molar-refractivity contribution is 6.00. The highest BCUT2D eigenvalue weighted by Gasteiger charge is 2.07. The Hall–Kier alpha value is -3.68. The van der Waals surface area contributed by atoms with Crippen LogP contribution in [0.2, 0.25) is 0 Å². The van der Waals surface area contributed by atoms with Crippen LogP contribution in [-0.4, -0.2) is 37.5 Å². The number of benzene rings is 2. The third-order valence-corrected chi connectivity index (χ3v) is 4.29. The molecule has 0 unspecified atom stereocenters. The van der Waals surface area contributed by atoms with Gasteiger partial charge in [-0.1, -0.05) is 0 Å². The maximum absolute atomic E-state index is 11.9. The first-order valence-electron chi connectivity index (χ1n) is 9.38. The van der Waals surface area contributed by atoms with Crippen molar-refractivity contribution in [3.63, 3.8) is 0 Å². The summed E-state index contributed by atoms with van der Waals surface area (Å²) in [6, 6.07) is 14.6. The number of methoxy groups -OCH3 is 2. The van der Waals surface area contributed by atoms with E-state index in [1.165, 1.54) is 0 Å². The second-order valence-corrected chi connectivity index (χ2v) is 6.42. The van der Waals surface area contributed by atoms with E-state index in [9.17, 15) is 9.59 Å². The predicted molar refractivity (Wildman–Crippen MR) is 116 cm³/mol. The number of hydrogen-bond acceptors (Lipinski definition) is 6. The largest absolute Gasteiger partial charge is 0.497 e. The molecule has 158 valence electrons. The number of ether oxygens (including phenoxy) is 2. The SMILES string of the molecule is COc1ccc(/C(C)=N\NC(=O)CCC(=O)N/N=C(/C)c2ccc(OC)cc2)cc1. The maximum Gasteiger partial charge on any atom is 0.240 e. The van der Waals surface area contributed by atoms with Crippen molar-refractivity contribution in [2.45, 2.75) is 26.7 Å². The van der Waals surface area contributed by atoms with E-state index in [-0.39, 0.29) is 24.7 Å². The van der Waals surface area contributed by atoms with Crippen molar-refractivity contribution >= 4 is 23.2 Å². The third kappa shape index (κ3) is 7.05. The molecular weight excluding hydrogens is 384 g/mol. The maximum atomic E-state index is 11.9. The first-order valence-corrected chi connectivity index (χ1v) is 9.38. The zero-order valence-corrected chi connectivity index (χ0v) is 17.6. The Balaban J connectivity index is 1.78. The third-order valence-electron chi connectivity index (χ3n) is 4.29. The van der Waals surface area contributed by atoms with Crippen molar-refractivity contribution in [3.8, 4) is 11.5 Å². The van der Waals surface area contributed by atoms with Crippen molar-refractivity contribution < 1.29 is 19.1 Å². The Labute approximate surface area is 176 Å². The van der Waals surface area contributed by atoms with E-state index < -0.39 is 0 Å². The molecule has 0 saturated carbocycles. The number of nitrogens with one attached hydrogen (secondary N) is 2. The molecule has 2 N–H and O–H groups in total. The van der Waals surface area contributed by atoms with Crippen LogP contribution in [0, 0.1) is 0 Å². The molecule has 0 aliphatic carbocycles. The zero-order valence-electron chi connectivity index (χ0n) is 17.6. The molecular formula is C22H26N4O4. The summed E-state index contributed by atoms with van der Waals surface area (Å²) in [6.45, 7) is 3.57. The fourth-order valence-corrected chi connectivity index (χ4v) is 2.42. The minimum absolute atomic E-state index is 0.00231. The Morgan fingerprint density at radius 1 is 0.700 bits per heavy atom. The van der Waals surface area contributed by atoms with Crippen molar-refractivity contribution in [3.05, 3.63) is 59.7 Å². The Bertz CT molecular complexity index is 842. The van der Waals surface area contributed by atoms with Crippen molar-refractivity contribution in [1.82, 2.24) is 10.9 Å². The van der Waals surface area contributed by atoms with Crippen molar-refractivity contribution in [2.24, 2.45) is 10.2 Å². The van der Waals surface area contributed by atoms with E-state index in [1.807, 2.05) is 48.5 Å². The lowest BCUT2D eigenvalue weighted by Crippen LogP contribution is -2.24. The predicted octanol–water partition coefficient (Wildman–Crippen LogP) is 2.86. The Kier molecular flexibility index (Phi) is 8.56. The van der Waals surface area contributed by atoms with Gasteiger partial charge in [0.2, 0.25) is 11.8 Å². The first kappa shape index (κ1) is 22.6. The summed E-state index contributed by atoms with van der Waals surface area (Å²) in [5.74, 6) is 0.778. The number of rotatable bonds is 9. The molecule has 0 atom stereocenters. The molecule has 30 heavy (non-hydrogen) atoms. The number of hydrazone groups is 2. The van der Waals surface area contributed by atoms with Gasteiger partial charge < -0.3 is 9.47 Å². The molecule has 0 aromatic heterocycles. The fraction of sp³-hybridized carbons (Fsp3) is 0.273. The molecule has 0 fully saturated rings. The minimum atomic E-state index is -0.353. The highest BCUT2D eigenvalue weighted by atomic mass is 16.5. The van der Waals surface area contributed by atoms with Crippen molar-refractivity contribution in [2.75, 3.05) is 14.2 Å². The molecule has 0 heterocycles. The molecule has 2 aromatic rings.